The molecule has 0 radical (unpaired) electrons. The van der Waals surface area contributed by atoms with E-state index in [1.807, 2.05) is 31.3 Å². The molecule has 0 bridgehead atoms. The summed E-state index contributed by atoms with van der Waals surface area (Å²) in [6.07, 6.45) is 1.13. The number of nitrogens with zero attached hydrogens (tertiary/aromatic N) is 3. The lowest BCUT2D eigenvalue weighted by molar-refractivity contribution is -0.137. The lowest BCUT2D eigenvalue weighted by Gasteiger charge is -2.41. The second kappa shape index (κ2) is 14.0. The Morgan fingerprint density at radius 2 is 1.98 bits per heavy atom. The van der Waals surface area contributed by atoms with Gasteiger partial charge in [-0.1, -0.05) is 29.8 Å². The van der Waals surface area contributed by atoms with Crippen LogP contribution in [0.5, 0.6) is 0 Å². The van der Waals surface area contributed by atoms with Crippen molar-refractivity contribution in [3.05, 3.63) is 70.1 Å². The molecule has 42 heavy (non-hydrogen) atoms. The molecular weight excluding hydrogens is 571 g/mol. The zero-order valence-electron chi connectivity index (χ0n) is 24.4. The second-order valence-corrected chi connectivity index (χ2v) is 11.3. The van der Waals surface area contributed by atoms with E-state index < -0.39 is 52.1 Å². The summed E-state index contributed by atoms with van der Waals surface area (Å²) in [4.78, 5) is 36.4. The van der Waals surface area contributed by atoms with Gasteiger partial charge in [0.2, 0.25) is 0 Å². The molecule has 2 amide bonds. The van der Waals surface area contributed by atoms with Crippen LogP contribution >= 0.6 is 11.6 Å². The number of halogens is 4. The molecule has 8 nitrogen and oxygen atoms in total. The number of benzene rings is 1. The highest BCUT2D eigenvalue weighted by Gasteiger charge is 2.39. The summed E-state index contributed by atoms with van der Waals surface area (Å²) < 4.78 is 46.3. The number of hydrogen-bond acceptors (Lipinski definition) is 6. The first-order valence-electron chi connectivity index (χ1n) is 13.7. The van der Waals surface area contributed by atoms with Crippen molar-refractivity contribution >= 4 is 35.4 Å². The average Bonchev–Trinajstić information content (AvgIpc) is 2.92. The Hall–Kier alpha value is -3.60. The zero-order valence-corrected chi connectivity index (χ0v) is 25.1. The molecule has 0 saturated carbocycles. The maximum Gasteiger partial charge on any atom is 0.417 e. The maximum atomic E-state index is 13.5. The van der Waals surface area contributed by atoms with Gasteiger partial charge < -0.3 is 20.3 Å². The first kappa shape index (κ1) is 32.9. The number of hydrogen-bond donors (Lipinski definition) is 2. The number of pyridine rings is 1. The number of carbonyl (C=O) groups is 2. The third-order valence-electron chi connectivity index (χ3n) is 6.57. The number of likely N-dealkylation sites (tertiary alicyclic amines) is 1. The fraction of sp³-hybridized carbons (Fsp3) is 0.467. The van der Waals surface area contributed by atoms with Gasteiger partial charge in [-0.2, -0.15) is 13.2 Å². The minimum absolute atomic E-state index is 0.391. The van der Waals surface area contributed by atoms with Crippen LogP contribution in [0.3, 0.4) is 0 Å². The minimum atomic E-state index is -4.77. The summed E-state index contributed by atoms with van der Waals surface area (Å²) in [5.41, 5.74) is -0.268. The van der Waals surface area contributed by atoms with Crippen LogP contribution in [0.2, 0.25) is 5.02 Å². The molecule has 12 heteroatoms. The van der Waals surface area contributed by atoms with Crippen molar-refractivity contribution in [1.82, 2.24) is 20.5 Å². The lowest BCUT2D eigenvalue weighted by atomic mass is 9.89. The summed E-state index contributed by atoms with van der Waals surface area (Å²) in [6, 6.07) is 6.69. The SMILES string of the molecule is CCN/C=C(\C=N/C)c1cccc([C@H](NC(=O)c2nccc(C(F)(F)F)c2Cl)[C@@H]2CCCCN2C(=O)OC(C)(C)C)c1. The molecule has 228 valence electrons. The van der Waals surface area contributed by atoms with E-state index >= 15 is 0 Å². The average molecular weight is 608 g/mol. The van der Waals surface area contributed by atoms with E-state index in [1.165, 1.54) is 0 Å². The molecule has 1 aromatic carbocycles. The largest absolute Gasteiger partial charge is 0.444 e. The van der Waals surface area contributed by atoms with Gasteiger partial charge in [0.1, 0.15) is 11.3 Å². The molecule has 1 saturated heterocycles. The fourth-order valence-electron chi connectivity index (χ4n) is 4.74. The highest BCUT2D eigenvalue weighted by molar-refractivity contribution is 6.34. The van der Waals surface area contributed by atoms with Gasteiger partial charge in [-0.3, -0.25) is 9.79 Å². The Balaban J connectivity index is 2.11. The molecule has 0 aliphatic carbocycles. The Kier molecular flexibility index (Phi) is 11.0. The van der Waals surface area contributed by atoms with Crippen LogP contribution in [0.1, 0.15) is 80.2 Å². The third-order valence-corrected chi connectivity index (χ3v) is 6.95. The lowest BCUT2D eigenvalue weighted by Crippen LogP contribution is -2.52. The summed E-state index contributed by atoms with van der Waals surface area (Å²) in [6.45, 7) is 8.34. The molecule has 2 aromatic rings. The first-order valence-corrected chi connectivity index (χ1v) is 14.1. The molecule has 0 unspecified atom stereocenters. The normalized spacial score (nSPS) is 17.2. The number of nitrogens with one attached hydrogen (secondary N) is 2. The second-order valence-electron chi connectivity index (χ2n) is 10.9. The van der Waals surface area contributed by atoms with Gasteiger partial charge in [-0.15, -0.1) is 0 Å². The molecule has 1 aromatic heterocycles. The molecule has 1 aliphatic heterocycles. The van der Waals surface area contributed by atoms with Crippen molar-refractivity contribution in [2.75, 3.05) is 20.1 Å². The van der Waals surface area contributed by atoms with E-state index in [0.29, 0.717) is 25.1 Å². The van der Waals surface area contributed by atoms with Gasteiger partial charge >= 0.3 is 12.3 Å². The monoisotopic (exact) mass is 607 g/mol. The van der Waals surface area contributed by atoms with E-state index in [-0.39, 0.29) is 0 Å². The molecule has 1 aliphatic rings. The predicted octanol–water partition coefficient (Wildman–Crippen LogP) is 6.67. The van der Waals surface area contributed by atoms with E-state index in [4.69, 9.17) is 16.3 Å². The minimum Gasteiger partial charge on any atom is -0.444 e. The molecule has 1 fully saturated rings. The van der Waals surface area contributed by atoms with Gasteiger partial charge in [-0.05, 0) is 70.2 Å². The Morgan fingerprint density at radius 1 is 1.24 bits per heavy atom. The van der Waals surface area contributed by atoms with E-state index in [1.54, 1.807) is 45.0 Å². The quantitative estimate of drug-likeness (QED) is 0.327. The smallest absolute Gasteiger partial charge is 0.417 e. The number of allylic oxidation sites excluding steroid dienone is 1. The number of carbonyl (C=O) groups excluding carboxylic acids is 2. The topological polar surface area (TPSA) is 95.9 Å². The third kappa shape index (κ3) is 8.47. The summed E-state index contributed by atoms with van der Waals surface area (Å²) >= 11 is 6.05. The molecular formula is C30H37ClF3N5O3. The van der Waals surface area contributed by atoms with Crippen LogP contribution in [0, 0.1) is 0 Å². The van der Waals surface area contributed by atoms with Crippen LogP contribution < -0.4 is 10.6 Å². The van der Waals surface area contributed by atoms with Gasteiger partial charge in [0.05, 0.1) is 22.7 Å². The highest BCUT2D eigenvalue weighted by Crippen LogP contribution is 2.36. The van der Waals surface area contributed by atoms with Gasteiger partial charge in [0.15, 0.2) is 0 Å². The van der Waals surface area contributed by atoms with Crippen LogP contribution in [-0.2, 0) is 10.9 Å². The van der Waals surface area contributed by atoms with Gasteiger partial charge in [-0.25, -0.2) is 9.78 Å². The molecule has 3 rings (SSSR count). The number of ether oxygens (including phenoxy) is 1. The van der Waals surface area contributed by atoms with Gasteiger partial charge in [0, 0.05) is 44.3 Å². The molecule has 2 atom stereocenters. The Morgan fingerprint density at radius 3 is 2.62 bits per heavy atom. The number of aromatic nitrogens is 1. The van der Waals surface area contributed by atoms with Crippen molar-refractivity contribution in [3.8, 4) is 0 Å². The van der Waals surface area contributed by atoms with Crippen LogP contribution in [0.25, 0.3) is 5.57 Å². The van der Waals surface area contributed by atoms with E-state index in [2.05, 4.69) is 20.6 Å². The Labute approximate surface area is 249 Å². The van der Waals surface area contributed by atoms with Crippen molar-refractivity contribution in [3.63, 3.8) is 0 Å². The predicted molar refractivity (Wildman–Crippen MR) is 158 cm³/mol. The zero-order chi connectivity index (χ0) is 31.1. The van der Waals surface area contributed by atoms with Crippen molar-refractivity contribution in [1.29, 1.82) is 0 Å². The van der Waals surface area contributed by atoms with Crippen LogP contribution in [0.15, 0.2) is 47.7 Å². The summed E-state index contributed by atoms with van der Waals surface area (Å²) in [5, 5.41) is 5.22. The fourth-order valence-corrected chi connectivity index (χ4v) is 5.05. The van der Waals surface area contributed by atoms with Crippen molar-refractivity contribution in [2.45, 2.75) is 70.8 Å². The number of aliphatic imine (C=N–C) groups is 1. The van der Waals surface area contributed by atoms with Crippen molar-refractivity contribution in [2.24, 2.45) is 4.99 Å². The maximum absolute atomic E-state index is 13.5. The van der Waals surface area contributed by atoms with Crippen LogP contribution in [-0.4, -0.2) is 59.9 Å². The van der Waals surface area contributed by atoms with E-state index in [0.717, 1.165) is 36.2 Å². The highest BCUT2D eigenvalue weighted by atomic mass is 35.5. The molecule has 2 heterocycles. The molecule has 0 spiro atoms. The van der Waals surface area contributed by atoms with Gasteiger partial charge in [0.25, 0.3) is 5.91 Å². The van der Waals surface area contributed by atoms with Crippen molar-refractivity contribution < 1.29 is 27.5 Å². The summed E-state index contributed by atoms with van der Waals surface area (Å²) in [7, 11) is 1.65. The Bertz CT molecular complexity index is 1320. The standard InChI is InChI=1S/C30H37ClF3N5O3/c1-6-36-18-21(17-35-5)19-10-9-11-20(16-19)25(23-12-7-8-15-39(23)28(41)42-29(2,3)4)38-27(40)26-24(31)22(13-14-37-26)30(32,33)34/h9-11,13-14,16-18,23,25,36H,6-8,12,15H2,1-5H3,(H,38,40)/b21-18+,35-17-/t23-,25-/m0/s1. The first-order chi connectivity index (χ1) is 19.8. The van der Waals surface area contributed by atoms with E-state index in [9.17, 15) is 22.8 Å². The molecule has 2 N–H and O–H groups in total. The van der Waals surface area contributed by atoms with Crippen LogP contribution in [0.4, 0.5) is 18.0 Å². The number of rotatable bonds is 8. The number of alkyl halides is 3. The number of piperidine rings is 1. The number of amides is 2. The summed E-state index contributed by atoms with van der Waals surface area (Å²) in [5.74, 6) is -0.894.